The molecular formula is C19H13FN4O3. The van der Waals surface area contributed by atoms with Crippen LogP contribution in [0.4, 0.5) is 4.39 Å². The summed E-state index contributed by atoms with van der Waals surface area (Å²) in [6.45, 7) is 0.179. The Morgan fingerprint density at radius 2 is 1.93 bits per heavy atom. The van der Waals surface area contributed by atoms with E-state index in [4.69, 9.17) is 8.94 Å². The van der Waals surface area contributed by atoms with Gasteiger partial charge in [-0.25, -0.2) is 14.4 Å². The Morgan fingerprint density at radius 3 is 2.70 bits per heavy atom. The molecule has 27 heavy (non-hydrogen) atoms. The molecule has 3 heterocycles. The van der Waals surface area contributed by atoms with Crippen LogP contribution < -0.4 is 5.32 Å². The Balaban J connectivity index is 1.43. The minimum atomic E-state index is -0.404. The lowest BCUT2D eigenvalue weighted by Gasteiger charge is -2.05. The molecule has 1 amide bonds. The highest BCUT2D eigenvalue weighted by Gasteiger charge is 2.15. The third-order valence-corrected chi connectivity index (χ3v) is 3.80. The maximum atomic E-state index is 13.0. The summed E-state index contributed by atoms with van der Waals surface area (Å²) < 4.78 is 23.4. The number of benzene rings is 1. The van der Waals surface area contributed by atoms with Crippen LogP contribution in [0.1, 0.15) is 16.2 Å². The molecule has 0 atom stereocenters. The Hall–Kier alpha value is -3.81. The van der Waals surface area contributed by atoms with Crippen molar-refractivity contribution < 1.29 is 18.1 Å². The molecule has 4 aromatic rings. The molecule has 3 aromatic heterocycles. The fourth-order valence-electron chi connectivity index (χ4n) is 2.45. The van der Waals surface area contributed by atoms with Crippen molar-refractivity contribution in [2.45, 2.75) is 6.54 Å². The predicted octanol–water partition coefficient (Wildman–Crippen LogP) is 3.46. The summed E-state index contributed by atoms with van der Waals surface area (Å²) in [6, 6.07) is 12.6. The fraction of sp³-hybridized carbons (Fsp3) is 0.0526. The second kappa shape index (κ2) is 7.20. The topological polar surface area (TPSA) is 94.1 Å². The molecule has 0 saturated carbocycles. The average Bonchev–Trinajstić information content (AvgIpc) is 3.38. The Bertz CT molecular complexity index is 1060. The molecule has 0 aliphatic carbocycles. The summed E-state index contributed by atoms with van der Waals surface area (Å²) in [4.78, 5) is 20.6. The van der Waals surface area contributed by atoms with Gasteiger partial charge in [0.05, 0.1) is 24.2 Å². The van der Waals surface area contributed by atoms with Crippen molar-refractivity contribution in [1.82, 2.24) is 20.4 Å². The molecule has 7 nitrogen and oxygen atoms in total. The first-order valence-electron chi connectivity index (χ1n) is 8.05. The lowest BCUT2D eigenvalue weighted by atomic mass is 10.1. The van der Waals surface area contributed by atoms with Gasteiger partial charge in [0.1, 0.15) is 12.1 Å². The molecule has 1 N–H and O–H groups in total. The number of rotatable bonds is 5. The predicted molar refractivity (Wildman–Crippen MR) is 92.8 cm³/mol. The first kappa shape index (κ1) is 16.6. The van der Waals surface area contributed by atoms with Crippen molar-refractivity contribution in [2.24, 2.45) is 0 Å². The molecule has 1 aromatic carbocycles. The van der Waals surface area contributed by atoms with Crippen molar-refractivity contribution in [3.8, 4) is 22.8 Å². The molecule has 0 unspecified atom stereocenters. The molecule has 0 bridgehead atoms. The number of nitrogens with one attached hydrogen (secondary N) is 1. The minimum absolute atomic E-state index is 0.134. The summed E-state index contributed by atoms with van der Waals surface area (Å²) in [5.74, 6) is 0.132. The molecule has 0 saturated heterocycles. The van der Waals surface area contributed by atoms with Crippen molar-refractivity contribution >= 4 is 5.91 Å². The van der Waals surface area contributed by atoms with Crippen LogP contribution in [0.3, 0.4) is 0 Å². The molecular weight excluding hydrogens is 351 g/mol. The lowest BCUT2D eigenvalue weighted by molar-refractivity contribution is 0.0941. The maximum Gasteiger partial charge on any atom is 0.273 e. The van der Waals surface area contributed by atoms with Crippen LogP contribution in [-0.4, -0.2) is 21.0 Å². The van der Waals surface area contributed by atoms with Crippen LogP contribution >= 0.6 is 0 Å². The van der Waals surface area contributed by atoms with E-state index in [1.807, 2.05) is 0 Å². The van der Waals surface area contributed by atoms with Crippen molar-refractivity contribution in [3.63, 3.8) is 0 Å². The Labute approximate surface area is 152 Å². The van der Waals surface area contributed by atoms with Gasteiger partial charge in [0.25, 0.3) is 5.91 Å². The Morgan fingerprint density at radius 1 is 1.07 bits per heavy atom. The van der Waals surface area contributed by atoms with Gasteiger partial charge in [-0.3, -0.25) is 4.79 Å². The minimum Gasteiger partial charge on any atom is -0.461 e. The summed E-state index contributed by atoms with van der Waals surface area (Å²) in [5.41, 5.74) is 2.13. The first-order chi connectivity index (χ1) is 13.2. The third-order valence-electron chi connectivity index (χ3n) is 3.80. The van der Waals surface area contributed by atoms with Crippen molar-refractivity contribution in [1.29, 1.82) is 0 Å². The van der Waals surface area contributed by atoms with E-state index in [1.54, 1.807) is 30.3 Å². The van der Waals surface area contributed by atoms with Crippen LogP contribution in [0.5, 0.6) is 0 Å². The maximum absolute atomic E-state index is 13.0. The van der Waals surface area contributed by atoms with Gasteiger partial charge >= 0.3 is 0 Å². The van der Waals surface area contributed by atoms with E-state index < -0.39 is 5.91 Å². The van der Waals surface area contributed by atoms with Crippen LogP contribution in [0.2, 0.25) is 0 Å². The van der Waals surface area contributed by atoms with E-state index in [9.17, 15) is 9.18 Å². The molecule has 134 valence electrons. The zero-order chi connectivity index (χ0) is 18.6. The van der Waals surface area contributed by atoms with Gasteiger partial charge in [-0.1, -0.05) is 5.16 Å². The number of hydrogen-bond donors (Lipinski definition) is 1. The van der Waals surface area contributed by atoms with E-state index in [1.165, 1.54) is 30.8 Å². The van der Waals surface area contributed by atoms with Gasteiger partial charge in [-0.15, -0.1) is 0 Å². The van der Waals surface area contributed by atoms with Crippen molar-refractivity contribution in [2.75, 3.05) is 0 Å². The quantitative estimate of drug-likeness (QED) is 0.583. The zero-order valence-corrected chi connectivity index (χ0v) is 13.9. The van der Waals surface area contributed by atoms with Crippen LogP contribution in [0, 0.1) is 5.82 Å². The van der Waals surface area contributed by atoms with Crippen molar-refractivity contribution in [3.05, 3.63) is 78.3 Å². The lowest BCUT2D eigenvalue weighted by Crippen LogP contribution is -2.23. The summed E-state index contributed by atoms with van der Waals surface area (Å²) in [7, 11) is 0. The van der Waals surface area contributed by atoms with Crippen LogP contribution in [0.15, 0.2) is 70.1 Å². The Kier molecular flexibility index (Phi) is 4.44. The molecule has 0 aliphatic heterocycles. The van der Waals surface area contributed by atoms with Gasteiger partial charge in [-0.05, 0) is 42.5 Å². The summed E-state index contributed by atoms with van der Waals surface area (Å²) in [5, 5.41) is 6.46. The molecule has 4 rings (SSSR count). The van der Waals surface area contributed by atoms with Gasteiger partial charge in [0.2, 0.25) is 5.76 Å². The third kappa shape index (κ3) is 3.74. The van der Waals surface area contributed by atoms with Gasteiger partial charge < -0.3 is 14.3 Å². The summed E-state index contributed by atoms with van der Waals surface area (Å²) in [6.07, 6.45) is 2.90. The zero-order valence-electron chi connectivity index (χ0n) is 13.9. The number of nitrogens with zero attached hydrogens (tertiary/aromatic N) is 3. The number of aromatic nitrogens is 3. The molecule has 0 spiro atoms. The molecule has 0 fully saturated rings. The van der Waals surface area contributed by atoms with Gasteiger partial charge in [0.15, 0.2) is 11.5 Å². The largest absolute Gasteiger partial charge is 0.461 e. The van der Waals surface area contributed by atoms with E-state index in [0.29, 0.717) is 22.9 Å². The van der Waals surface area contributed by atoms with Gasteiger partial charge in [-0.2, -0.15) is 0 Å². The number of furan rings is 1. The average molecular weight is 364 g/mol. The second-order valence-electron chi connectivity index (χ2n) is 5.64. The SMILES string of the molecule is O=C(NCc1cc(-c2ccc(F)cc2)ncn1)c1cc(-c2ccco2)on1. The molecule has 8 heteroatoms. The van der Waals surface area contributed by atoms with Crippen LogP contribution in [-0.2, 0) is 6.54 Å². The molecule has 0 radical (unpaired) electrons. The normalized spacial score (nSPS) is 10.7. The first-order valence-corrected chi connectivity index (χ1v) is 8.05. The van der Waals surface area contributed by atoms with Crippen LogP contribution in [0.25, 0.3) is 22.8 Å². The highest BCUT2D eigenvalue weighted by Crippen LogP contribution is 2.20. The number of halogens is 1. The highest BCUT2D eigenvalue weighted by atomic mass is 19.1. The standard InChI is InChI=1S/C19H13FN4O3/c20-13-5-3-12(4-6-13)15-8-14(22-11-23-15)10-21-19(25)16-9-18(27-24-16)17-2-1-7-26-17/h1-9,11H,10H2,(H,21,25). The monoisotopic (exact) mass is 364 g/mol. The van der Waals surface area contributed by atoms with E-state index in [0.717, 1.165) is 5.56 Å². The number of hydrogen-bond acceptors (Lipinski definition) is 6. The van der Waals surface area contributed by atoms with E-state index >= 15 is 0 Å². The summed E-state index contributed by atoms with van der Waals surface area (Å²) >= 11 is 0. The second-order valence-corrected chi connectivity index (χ2v) is 5.64. The van der Waals surface area contributed by atoms with E-state index in [2.05, 4.69) is 20.4 Å². The fourth-order valence-corrected chi connectivity index (χ4v) is 2.45. The molecule has 0 aliphatic rings. The smallest absolute Gasteiger partial charge is 0.273 e. The highest BCUT2D eigenvalue weighted by molar-refractivity contribution is 5.92. The number of carbonyl (C=O) groups excluding carboxylic acids is 1. The van der Waals surface area contributed by atoms with Gasteiger partial charge in [0, 0.05) is 11.6 Å². The van der Waals surface area contributed by atoms with E-state index in [-0.39, 0.29) is 18.1 Å². The number of carbonyl (C=O) groups is 1. The number of amides is 1.